The first-order chi connectivity index (χ1) is 14.9. The molecule has 5 heteroatoms. The Labute approximate surface area is 181 Å². The Kier molecular flexibility index (Phi) is 5.87. The van der Waals surface area contributed by atoms with Gasteiger partial charge in [-0.2, -0.15) is 5.10 Å². The molecule has 0 radical (unpaired) electrons. The fourth-order valence-electron chi connectivity index (χ4n) is 3.58. The monoisotopic (exact) mass is 414 g/mol. The summed E-state index contributed by atoms with van der Waals surface area (Å²) in [5.41, 5.74) is 4.66. The maximum atomic E-state index is 13.0. The molecule has 0 saturated carbocycles. The van der Waals surface area contributed by atoms with Gasteiger partial charge >= 0.3 is 0 Å². The first-order valence-corrected chi connectivity index (χ1v) is 10.4. The van der Waals surface area contributed by atoms with Crippen LogP contribution in [0.15, 0.2) is 71.5 Å². The van der Waals surface area contributed by atoms with Gasteiger partial charge in [0.05, 0.1) is 17.6 Å². The van der Waals surface area contributed by atoms with Gasteiger partial charge in [-0.15, -0.1) is 0 Å². The van der Waals surface area contributed by atoms with Crippen molar-refractivity contribution in [1.29, 1.82) is 0 Å². The number of benzene rings is 3. The molecule has 1 atom stereocenters. The summed E-state index contributed by atoms with van der Waals surface area (Å²) in [6.07, 6.45) is -0.878. The highest BCUT2D eigenvalue weighted by molar-refractivity contribution is 5.93. The zero-order valence-corrected chi connectivity index (χ0v) is 18.0. The fraction of sp³-hybridized carbons (Fsp3) is 0.231. The normalized spacial score (nSPS) is 12.1. The summed E-state index contributed by atoms with van der Waals surface area (Å²) >= 11 is 0. The van der Waals surface area contributed by atoms with E-state index < -0.39 is 6.10 Å². The molecule has 1 aromatic heterocycles. The Morgan fingerprint density at radius 1 is 0.935 bits per heavy atom. The average molecular weight is 415 g/mol. The number of hydrogen-bond donors (Lipinski definition) is 1. The van der Waals surface area contributed by atoms with Crippen molar-refractivity contribution < 1.29 is 9.84 Å². The van der Waals surface area contributed by atoms with Crippen LogP contribution in [0.5, 0.6) is 5.75 Å². The standard InChI is InChI=1S/C26H26N2O3/c1-17-9-12-20(13-10-17)25-22-6-4-5-7-23(22)26(30)28(27-25)15-21(29)16-31-24-14-18(2)8-11-19(24)3/h4-14,21,29H,15-16H2,1-3H3. The summed E-state index contributed by atoms with van der Waals surface area (Å²) in [6.45, 7) is 6.11. The van der Waals surface area contributed by atoms with Crippen molar-refractivity contribution in [3.8, 4) is 17.0 Å². The first-order valence-electron chi connectivity index (χ1n) is 10.4. The quantitative estimate of drug-likeness (QED) is 0.507. The highest BCUT2D eigenvalue weighted by Crippen LogP contribution is 2.25. The number of rotatable bonds is 6. The number of aliphatic hydroxyl groups is 1. The molecule has 1 N–H and O–H groups in total. The van der Waals surface area contributed by atoms with E-state index in [9.17, 15) is 9.90 Å². The van der Waals surface area contributed by atoms with Crippen LogP contribution >= 0.6 is 0 Å². The fourth-order valence-corrected chi connectivity index (χ4v) is 3.58. The number of hydrogen-bond acceptors (Lipinski definition) is 4. The van der Waals surface area contributed by atoms with Crippen LogP contribution in [0.4, 0.5) is 0 Å². The molecule has 0 aliphatic carbocycles. The van der Waals surface area contributed by atoms with Crippen LogP contribution in [0, 0.1) is 20.8 Å². The predicted molar refractivity (Wildman–Crippen MR) is 124 cm³/mol. The van der Waals surface area contributed by atoms with Crippen LogP contribution in [0.2, 0.25) is 0 Å². The Morgan fingerprint density at radius 3 is 2.35 bits per heavy atom. The van der Waals surface area contributed by atoms with E-state index in [2.05, 4.69) is 5.10 Å². The van der Waals surface area contributed by atoms with E-state index in [-0.39, 0.29) is 18.7 Å². The first kappa shape index (κ1) is 20.8. The topological polar surface area (TPSA) is 64.3 Å². The van der Waals surface area contributed by atoms with Crippen LogP contribution in [0.25, 0.3) is 22.0 Å². The van der Waals surface area contributed by atoms with Gasteiger partial charge in [0.25, 0.3) is 5.56 Å². The van der Waals surface area contributed by atoms with Gasteiger partial charge in [-0.05, 0) is 44.0 Å². The lowest BCUT2D eigenvalue weighted by Gasteiger charge is -2.16. The second kappa shape index (κ2) is 8.74. The molecule has 0 bridgehead atoms. The summed E-state index contributed by atoms with van der Waals surface area (Å²) in [4.78, 5) is 13.0. The van der Waals surface area contributed by atoms with Crippen LogP contribution in [0.3, 0.4) is 0 Å². The molecule has 0 amide bonds. The van der Waals surface area contributed by atoms with Crippen molar-refractivity contribution >= 4 is 10.8 Å². The third kappa shape index (κ3) is 4.52. The van der Waals surface area contributed by atoms with Gasteiger partial charge in [-0.3, -0.25) is 4.79 Å². The molecule has 5 nitrogen and oxygen atoms in total. The Bertz CT molecular complexity index is 1280. The molecule has 3 aromatic carbocycles. The molecule has 0 fully saturated rings. The molecule has 0 aliphatic rings. The molecule has 158 valence electrons. The van der Waals surface area contributed by atoms with Crippen molar-refractivity contribution in [3.63, 3.8) is 0 Å². The van der Waals surface area contributed by atoms with E-state index in [1.807, 2.05) is 81.4 Å². The van der Waals surface area contributed by atoms with Crippen molar-refractivity contribution in [1.82, 2.24) is 9.78 Å². The molecular formula is C26H26N2O3. The maximum absolute atomic E-state index is 13.0. The third-order valence-electron chi connectivity index (χ3n) is 5.35. The third-order valence-corrected chi connectivity index (χ3v) is 5.35. The van der Waals surface area contributed by atoms with Crippen LogP contribution in [-0.4, -0.2) is 27.6 Å². The van der Waals surface area contributed by atoms with E-state index in [0.717, 1.165) is 39.1 Å². The van der Waals surface area contributed by atoms with E-state index in [1.165, 1.54) is 4.68 Å². The summed E-state index contributed by atoms with van der Waals surface area (Å²) in [5, 5.41) is 16.6. The largest absolute Gasteiger partial charge is 0.491 e. The summed E-state index contributed by atoms with van der Waals surface area (Å²) in [5.74, 6) is 0.734. The van der Waals surface area contributed by atoms with Gasteiger partial charge in [-0.1, -0.05) is 60.2 Å². The van der Waals surface area contributed by atoms with Gasteiger partial charge in [0, 0.05) is 10.9 Å². The summed E-state index contributed by atoms with van der Waals surface area (Å²) in [7, 11) is 0. The lowest BCUT2D eigenvalue weighted by atomic mass is 10.0. The lowest BCUT2D eigenvalue weighted by Crippen LogP contribution is -2.32. The number of fused-ring (bicyclic) bond motifs is 1. The second-order valence-corrected chi connectivity index (χ2v) is 7.98. The van der Waals surface area contributed by atoms with E-state index in [1.54, 1.807) is 6.07 Å². The van der Waals surface area contributed by atoms with Crippen molar-refractivity contribution in [2.45, 2.75) is 33.4 Å². The molecule has 4 aromatic rings. The van der Waals surface area contributed by atoms with Crippen molar-refractivity contribution in [2.24, 2.45) is 0 Å². The molecule has 0 saturated heterocycles. The van der Waals surface area contributed by atoms with Gasteiger partial charge in [0.15, 0.2) is 0 Å². The molecule has 4 rings (SSSR count). The Balaban J connectivity index is 1.64. The highest BCUT2D eigenvalue weighted by atomic mass is 16.5. The van der Waals surface area contributed by atoms with Crippen molar-refractivity contribution in [3.05, 3.63) is 93.8 Å². The molecular weight excluding hydrogens is 388 g/mol. The van der Waals surface area contributed by atoms with Crippen molar-refractivity contribution in [2.75, 3.05) is 6.61 Å². The Morgan fingerprint density at radius 2 is 1.61 bits per heavy atom. The second-order valence-electron chi connectivity index (χ2n) is 7.98. The van der Waals surface area contributed by atoms with Gasteiger partial charge < -0.3 is 9.84 Å². The van der Waals surface area contributed by atoms with Gasteiger partial charge in [-0.25, -0.2) is 4.68 Å². The molecule has 0 aliphatic heterocycles. The van der Waals surface area contributed by atoms with Crippen LogP contribution in [0.1, 0.15) is 16.7 Å². The number of aliphatic hydroxyl groups excluding tert-OH is 1. The Hall–Kier alpha value is -3.44. The molecule has 0 spiro atoms. The van der Waals surface area contributed by atoms with Crippen LogP contribution in [-0.2, 0) is 6.54 Å². The predicted octanol–water partition coefficient (Wildman–Crippen LogP) is 4.43. The molecule has 1 unspecified atom stereocenters. The summed E-state index contributed by atoms with van der Waals surface area (Å²) < 4.78 is 7.16. The number of ether oxygens (including phenoxy) is 1. The van der Waals surface area contributed by atoms with Gasteiger partial charge in [0.1, 0.15) is 18.5 Å². The van der Waals surface area contributed by atoms with E-state index in [4.69, 9.17) is 4.74 Å². The minimum Gasteiger partial charge on any atom is -0.491 e. The van der Waals surface area contributed by atoms with E-state index >= 15 is 0 Å². The van der Waals surface area contributed by atoms with Crippen LogP contribution < -0.4 is 10.3 Å². The SMILES string of the molecule is Cc1ccc(-c2nn(CC(O)COc3cc(C)ccc3C)c(=O)c3ccccc23)cc1. The van der Waals surface area contributed by atoms with E-state index in [0.29, 0.717) is 5.39 Å². The molecule has 31 heavy (non-hydrogen) atoms. The number of aryl methyl sites for hydroxylation is 3. The zero-order valence-electron chi connectivity index (χ0n) is 18.0. The van der Waals surface area contributed by atoms with Gasteiger partial charge in [0.2, 0.25) is 0 Å². The lowest BCUT2D eigenvalue weighted by molar-refractivity contribution is 0.0879. The minimum atomic E-state index is -0.878. The number of aromatic nitrogens is 2. The number of nitrogens with zero attached hydrogens (tertiary/aromatic N) is 2. The highest BCUT2D eigenvalue weighted by Gasteiger charge is 2.15. The maximum Gasteiger partial charge on any atom is 0.274 e. The zero-order chi connectivity index (χ0) is 22.0. The minimum absolute atomic E-state index is 0.0490. The average Bonchev–Trinajstić information content (AvgIpc) is 2.77. The smallest absolute Gasteiger partial charge is 0.274 e. The molecule has 1 heterocycles. The summed E-state index contributed by atoms with van der Waals surface area (Å²) in [6, 6.07) is 21.4.